The van der Waals surface area contributed by atoms with Crippen molar-refractivity contribution in [2.45, 2.75) is 33.0 Å². The van der Waals surface area contributed by atoms with Gasteiger partial charge in [0.1, 0.15) is 0 Å². The van der Waals surface area contributed by atoms with E-state index in [9.17, 15) is 0 Å². The summed E-state index contributed by atoms with van der Waals surface area (Å²) in [5.41, 5.74) is 2.69. The van der Waals surface area contributed by atoms with E-state index in [1.54, 1.807) is 0 Å². The Morgan fingerprint density at radius 2 is 1.85 bits per heavy atom. The lowest BCUT2D eigenvalue weighted by atomic mass is 9.85. The van der Waals surface area contributed by atoms with Crippen LogP contribution in [-0.2, 0) is 4.74 Å². The van der Waals surface area contributed by atoms with Crippen LogP contribution in [0.1, 0.15) is 31.1 Å². The zero-order chi connectivity index (χ0) is 9.42. The molecule has 0 saturated carbocycles. The van der Waals surface area contributed by atoms with Crippen molar-refractivity contribution in [3.63, 3.8) is 0 Å². The van der Waals surface area contributed by atoms with Gasteiger partial charge in [-0.2, -0.15) is 0 Å². The molecule has 3 atom stereocenters. The van der Waals surface area contributed by atoms with E-state index in [0.717, 1.165) is 0 Å². The Morgan fingerprint density at radius 1 is 1.15 bits per heavy atom. The number of aryl methyl sites for hydroxylation is 1. The second-order valence-electron chi connectivity index (χ2n) is 3.98. The van der Waals surface area contributed by atoms with Crippen molar-refractivity contribution in [1.29, 1.82) is 0 Å². The molecule has 1 heterocycles. The first-order chi connectivity index (χ1) is 6.20. The third kappa shape index (κ3) is 1.37. The number of rotatable bonds is 1. The molecule has 1 fully saturated rings. The van der Waals surface area contributed by atoms with Gasteiger partial charge in [0.25, 0.3) is 0 Å². The van der Waals surface area contributed by atoms with Crippen LogP contribution in [0.4, 0.5) is 0 Å². The van der Waals surface area contributed by atoms with Gasteiger partial charge >= 0.3 is 0 Å². The lowest BCUT2D eigenvalue weighted by molar-refractivity contribution is -0.171. The van der Waals surface area contributed by atoms with E-state index in [4.69, 9.17) is 4.74 Å². The van der Waals surface area contributed by atoms with E-state index in [2.05, 4.69) is 45.0 Å². The van der Waals surface area contributed by atoms with Gasteiger partial charge in [0.15, 0.2) is 0 Å². The van der Waals surface area contributed by atoms with Gasteiger partial charge < -0.3 is 4.74 Å². The molecule has 1 nitrogen and oxygen atoms in total. The minimum atomic E-state index is 0.330. The minimum absolute atomic E-state index is 0.330. The summed E-state index contributed by atoms with van der Waals surface area (Å²) in [4.78, 5) is 0. The smallest absolute Gasteiger partial charge is 0.0881 e. The average Bonchev–Trinajstić information content (AvgIpc) is 2.15. The van der Waals surface area contributed by atoms with Gasteiger partial charge in [0.05, 0.1) is 12.2 Å². The first kappa shape index (κ1) is 8.76. The molecule has 1 saturated heterocycles. The molecule has 3 unspecified atom stereocenters. The molecule has 1 heteroatoms. The molecule has 13 heavy (non-hydrogen) atoms. The van der Waals surface area contributed by atoms with Crippen molar-refractivity contribution in [1.82, 2.24) is 0 Å². The van der Waals surface area contributed by atoms with Gasteiger partial charge in [-0.3, -0.25) is 0 Å². The highest BCUT2D eigenvalue weighted by Crippen LogP contribution is 2.41. The molecule has 0 spiro atoms. The maximum absolute atomic E-state index is 5.72. The Hall–Kier alpha value is -0.820. The van der Waals surface area contributed by atoms with Crippen LogP contribution in [0.3, 0.4) is 0 Å². The predicted octanol–water partition coefficient (Wildman–Crippen LogP) is 3.09. The molecule has 0 radical (unpaired) electrons. The highest BCUT2D eigenvalue weighted by molar-refractivity contribution is 5.29. The Kier molecular flexibility index (Phi) is 2.12. The van der Waals surface area contributed by atoms with Gasteiger partial charge in [0, 0.05) is 5.92 Å². The second-order valence-corrected chi connectivity index (χ2v) is 3.98. The fraction of sp³-hybridized carbons (Fsp3) is 0.500. The maximum atomic E-state index is 5.72. The summed E-state index contributed by atoms with van der Waals surface area (Å²) in [6, 6.07) is 8.48. The Labute approximate surface area is 79.7 Å². The summed E-state index contributed by atoms with van der Waals surface area (Å²) in [5.74, 6) is 0.654. The zero-order valence-electron chi connectivity index (χ0n) is 8.45. The minimum Gasteiger partial charge on any atom is -0.370 e. The summed E-state index contributed by atoms with van der Waals surface area (Å²) >= 11 is 0. The molecule has 70 valence electrons. The third-order valence-electron chi connectivity index (χ3n) is 3.07. The van der Waals surface area contributed by atoms with Gasteiger partial charge in [-0.1, -0.05) is 31.2 Å². The van der Waals surface area contributed by atoms with Crippen LogP contribution < -0.4 is 0 Å². The average molecular weight is 176 g/mol. The van der Waals surface area contributed by atoms with Crippen molar-refractivity contribution in [3.8, 4) is 0 Å². The highest BCUT2D eigenvalue weighted by atomic mass is 16.5. The molecule has 1 aromatic rings. The van der Waals surface area contributed by atoms with Crippen molar-refractivity contribution in [3.05, 3.63) is 35.4 Å². The van der Waals surface area contributed by atoms with Crippen LogP contribution in [0.2, 0.25) is 0 Å². The van der Waals surface area contributed by atoms with E-state index in [1.807, 2.05) is 0 Å². The molecule has 1 aromatic carbocycles. The van der Waals surface area contributed by atoms with Crippen molar-refractivity contribution >= 4 is 0 Å². The van der Waals surface area contributed by atoms with E-state index in [1.165, 1.54) is 11.1 Å². The van der Waals surface area contributed by atoms with E-state index in [0.29, 0.717) is 18.1 Å². The van der Waals surface area contributed by atoms with Crippen LogP contribution in [0.5, 0.6) is 0 Å². The first-order valence-corrected chi connectivity index (χ1v) is 4.91. The molecule has 2 rings (SSSR count). The number of hydrogen-bond donors (Lipinski definition) is 0. The molecular formula is C12H16O. The summed E-state index contributed by atoms with van der Waals surface area (Å²) < 4.78 is 5.72. The van der Waals surface area contributed by atoms with Gasteiger partial charge in [-0.05, 0) is 25.0 Å². The van der Waals surface area contributed by atoms with E-state index < -0.39 is 0 Å². The van der Waals surface area contributed by atoms with Crippen LogP contribution >= 0.6 is 0 Å². The standard InChI is InChI=1S/C12H16O/c1-8-6-4-5-7-11(8)12-9(2)10(3)13-12/h4-7,9-10,12H,1-3H3. The summed E-state index contributed by atoms with van der Waals surface area (Å²) in [7, 11) is 0. The highest BCUT2D eigenvalue weighted by Gasteiger charge is 2.37. The SMILES string of the molecule is Cc1ccccc1C1OC(C)C1C. The van der Waals surface area contributed by atoms with Gasteiger partial charge in [-0.15, -0.1) is 0 Å². The Bertz CT molecular complexity index is 306. The van der Waals surface area contributed by atoms with Gasteiger partial charge in [-0.25, -0.2) is 0 Å². The zero-order valence-corrected chi connectivity index (χ0v) is 8.45. The van der Waals surface area contributed by atoms with Crippen molar-refractivity contribution in [2.75, 3.05) is 0 Å². The fourth-order valence-electron chi connectivity index (χ4n) is 1.90. The van der Waals surface area contributed by atoms with Gasteiger partial charge in [0.2, 0.25) is 0 Å². The molecule has 1 aliphatic rings. The molecule has 0 amide bonds. The lowest BCUT2D eigenvalue weighted by Gasteiger charge is -2.42. The molecular weight excluding hydrogens is 160 g/mol. The summed E-state index contributed by atoms with van der Waals surface area (Å²) in [6.07, 6.45) is 0.751. The third-order valence-corrected chi connectivity index (χ3v) is 3.07. The quantitative estimate of drug-likeness (QED) is 0.639. The number of benzene rings is 1. The number of ether oxygens (including phenoxy) is 1. The lowest BCUT2D eigenvalue weighted by Crippen LogP contribution is -2.38. The van der Waals surface area contributed by atoms with Crippen LogP contribution in [-0.4, -0.2) is 6.10 Å². The molecule has 0 aromatic heterocycles. The van der Waals surface area contributed by atoms with E-state index in [-0.39, 0.29) is 0 Å². The first-order valence-electron chi connectivity index (χ1n) is 4.91. The normalized spacial score (nSPS) is 32.7. The van der Waals surface area contributed by atoms with Crippen molar-refractivity contribution < 1.29 is 4.74 Å². The largest absolute Gasteiger partial charge is 0.370 e. The molecule has 1 aliphatic heterocycles. The molecule has 0 bridgehead atoms. The van der Waals surface area contributed by atoms with Crippen LogP contribution in [0.15, 0.2) is 24.3 Å². The maximum Gasteiger partial charge on any atom is 0.0881 e. The summed E-state index contributed by atoms with van der Waals surface area (Å²) in [6.45, 7) is 6.54. The van der Waals surface area contributed by atoms with Crippen molar-refractivity contribution in [2.24, 2.45) is 5.92 Å². The van der Waals surface area contributed by atoms with Crippen LogP contribution in [0, 0.1) is 12.8 Å². The van der Waals surface area contributed by atoms with E-state index >= 15 is 0 Å². The monoisotopic (exact) mass is 176 g/mol. The second kappa shape index (κ2) is 3.15. The Morgan fingerprint density at radius 3 is 2.38 bits per heavy atom. The summed E-state index contributed by atoms with van der Waals surface area (Å²) in [5, 5.41) is 0. The van der Waals surface area contributed by atoms with Crippen LogP contribution in [0.25, 0.3) is 0 Å². The predicted molar refractivity (Wildman–Crippen MR) is 53.6 cm³/mol. The fourth-order valence-corrected chi connectivity index (χ4v) is 1.90. The number of hydrogen-bond acceptors (Lipinski definition) is 1. The topological polar surface area (TPSA) is 9.23 Å². The molecule has 0 aliphatic carbocycles. The Balaban J connectivity index is 2.23. The molecule has 0 N–H and O–H groups in total.